The van der Waals surface area contributed by atoms with Crippen LogP contribution < -0.4 is 25.2 Å². The summed E-state index contributed by atoms with van der Waals surface area (Å²) >= 11 is 0. The first-order valence-corrected chi connectivity index (χ1v) is 13.1. The molecule has 1 atom stereocenters. The smallest absolute Gasteiger partial charge is 0.251 e. The monoisotopic (exact) mass is 529 g/mol. The summed E-state index contributed by atoms with van der Waals surface area (Å²) < 4.78 is 5.60. The molecule has 3 aromatic rings. The highest BCUT2D eigenvalue weighted by molar-refractivity contribution is 6.02. The molecule has 0 aliphatic carbocycles. The number of rotatable bonds is 7. The van der Waals surface area contributed by atoms with Gasteiger partial charge in [-0.05, 0) is 50.7 Å². The van der Waals surface area contributed by atoms with Gasteiger partial charge in [0.15, 0.2) is 5.82 Å². The molecule has 2 amide bonds. The predicted molar refractivity (Wildman–Crippen MR) is 152 cm³/mol. The molecule has 2 aromatic carbocycles. The van der Waals surface area contributed by atoms with Gasteiger partial charge in [-0.3, -0.25) is 9.59 Å². The number of benzene rings is 2. The van der Waals surface area contributed by atoms with Gasteiger partial charge in [0.25, 0.3) is 5.91 Å². The zero-order valence-electron chi connectivity index (χ0n) is 23.1. The Labute approximate surface area is 229 Å². The van der Waals surface area contributed by atoms with Gasteiger partial charge in [-0.15, -0.1) is 0 Å². The molecule has 3 heterocycles. The SMILES string of the molecule is CCC1(C)CN(c2ccccc2)c2nc(Nc3ccc(C(=O)NC4CN(C)C4)cc3OC)ncc2N(C)C1=O. The number of likely N-dealkylation sites (N-methyl/N-ethyl adjacent to an activating group) is 1. The molecule has 1 saturated heterocycles. The van der Waals surface area contributed by atoms with Gasteiger partial charge < -0.3 is 30.1 Å². The van der Waals surface area contributed by atoms with E-state index in [1.807, 2.05) is 51.2 Å². The molecule has 2 N–H and O–H groups in total. The lowest BCUT2D eigenvalue weighted by Crippen LogP contribution is -2.57. The second-order valence-electron chi connectivity index (χ2n) is 10.5. The second-order valence-corrected chi connectivity index (χ2v) is 10.5. The largest absolute Gasteiger partial charge is 0.495 e. The number of nitrogens with zero attached hydrogens (tertiary/aromatic N) is 5. The van der Waals surface area contributed by atoms with Crippen LogP contribution in [0.1, 0.15) is 30.6 Å². The number of carbonyl (C=O) groups excluding carboxylic acids is 2. The minimum atomic E-state index is -0.604. The normalized spacial score (nSPS) is 19.7. The number of ether oxygens (including phenoxy) is 1. The first-order chi connectivity index (χ1) is 18.7. The lowest BCUT2D eigenvalue weighted by atomic mass is 9.85. The van der Waals surface area contributed by atoms with E-state index in [4.69, 9.17) is 9.72 Å². The number of aromatic nitrogens is 2. The Balaban J connectivity index is 1.46. The molecule has 0 saturated carbocycles. The van der Waals surface area contributed by atoms with Gasteiger partial charge in [0.2, 0.25) is 11.9 Å². The van der Waals surface area contributed by atoms with E-state index in [0.29, 0.717) is 47.4 Å². The molecule has 10 nitrogen and oxygen atoms in total. The van der Waals surface area contributed by atoms with Crippen LogP contribution in [0.25, 0.3) is 0 Å². The Morgan fingerprint density at radius 3 is 2.56 bits per heavy atom. The Morgan fingerprint density at radius 1 is 1.15 bits per heavy atom. The summed E-state index contributed by atoms with van der Waals surface area (Å²) in [4.78, 5) is 41.5. The van der Waals surface area contributed by atoms with Crippen LogP contribution in [0.5, 0.6) is 5.75 Å². The molecule has 204 valence electrons. The third kappa shape index (κ3) is 5.12. The summed E-state index contributed by atoms with van der Waals surface area (Å²) in [5, 5.41) is 6.29. The number of para-hydroxylation sites is 1. The van der Waals surface area contributed by atoms with Crippen LogP contribution in [-0.4, -0.2) is 73.6 Å². The van der Waals surface area contributed by atoms with Crippen molar-refractivity contribution < 1.29 is 14.3 Å². The Morgan fingerprint density at radius 2 is 1.90 bits per heavy atom. The third-order valence-electron chi connectivity index (χ3n) is 7.65. The van der Waals surface area contributed by atoms with Gasteiger partial charge in [0.05, 0.1) is 30.5 Å². The molecule has 0 bridgehead atoms. The number of amides is 2. The van der Waals surface area contributed by atoms with Crippen LogP contribution in [0.4, 0.5) is 28.8 Å². The van der Waals surface area contributed by atoms with Crippen LogP contribution in [0.15, 0.2) is 54.7 Å². The third-order valence-corrected chi connectivity index (χ3v) is 7.65. The van der Waals surface area contributed by atoms with Crippen LogP contribution in [-0.2, 0) is 4.79 Å². The number of nitrogens with one attached hydrogen (secondary N) is 2. The van der Waals surface area contributed by atoms with E-state index >= 15 is 0 Å². The van der Waals surface area contributed by atoms with E-state index < -0.39 is 5.41 Å². The highest BCUT2D eigenvalue weighted by atomic mass is 16.5. The van der Waals surface area contributed by atoms with Crippen molar-refractivity contribution in [2.45, 2.75) is 26.3 Å². The second kappa shape index (κ2) is 10.5. The fourth-order valence-electron chi connectivity index (χ4n) is 5.07. The molecular formula is C29H35N7O3. The standard InChI is InChI=1S/C29H35N7O3/c1-6-29(2)18-36(21-10-8-7-9-11-21)25-23(35(4)27(29)38)15-30-28(33-25)32-22-13-12-19(14-24(22)39-5)26(37)31-20-16-34(3)17-20/h7-15,20H,6,16-18H2,1-5H3,(H,31,37)(H,30,32,33). The summed E-state index contributed by atoms with van der Waals surface area (Å²) in [6.07, 6.45) is 2.35. The molecule has 1 aromatic heterocycles. The van der Waals surface area contributed by atoms with E-state index in [1.165, 1.54) is 0 Å². The first-order valence-electron chi connectivity index (χ1n) is 13.1. The molecule has 0 spiro atoms. The van der Waals surface area contributed by atoms with E-state index in [9.17, 15) is 9.59 Å². The minimum Gasteiger partial charge on any atom is -0.495 e. The van der Waals surface area contributed by atoms with Crippen molar-refractivity contribution in [3.8, 4) is 5.75 Å². The molecule has 2 aliphatic rings. The molecule has 2 aliphatic heterocycles. The van der Waals surface area contributed by atoms with Gasteiger partial charge in [-0.1, -0.05) is 25.1 Å². The summed E-state index contributed by atoms with van der Waals surface area (Å²) in [5.41, 5.74) is 2.11. The van der Waals surface area contributed by atoms with Crippen molar-refractivity contribution in [3.05, 3.63) is 60.3 Å². The maximum absolute atomic E-state index is 13.5. The molecular weight excluding hydrogens is 494 g/mol. The summed E-state index contributed by atoms with van der Waals surface area (Å²) in [7, 11) is 5.35. The van der Waals surface area contributed by atoms with Gasteiger partial charge >= 0.3 is 0 Å². The lowest BCUT2D eigenvalue weighted by Gasteiger charge is -2.36. The number of likely N-dealkylation sites (tertiary alicyclic amines) is 1. The van der Waals surface area contributed by atoms with E-state index in [0.717, 1.165) is 18.8 Å². The van der Waals surface area contributed by atoms with Crippen molar-refractivity contribution in [1.82, 2.24) is 20.2 Å². The van der Waals surface area contributed by atoms with Crippen molar-refractivity contribution in [2.24, 2.45) is 5.41 Å². The van der Waals surface area contributed by atoms with Gasteiger partial charge in [0, 0.05) is 37.9 Å². The Bertz CT molecular complexity index is 1380. The molecule has 1 fully saturated rings. The first kappa shape index (κ1) is 26.4. The zero-order chi connectivity index (χ0) is 27.7. The quantitative estimate of drug-likeness (QED) is 0.477. The van der Waals surface area contributed by atoms with Crippen LogP contribution >= 0.6 is 0 Å². The van der Waals surface area contributed by atoms with Gasteiger partial charge in [-0.25, -0.2) is 4.98 Å². The summed E-state index contributed by atoms with van der Waals surface area (Å²) in [5.74, 6) is 1.37. The van der Waals surface area contributed by atoms with Crippen LogP contribution in [0.2, 0.25) is 0 Å². The van der Waals surface area contributed by atoms with Crippen LogP contribution in [0.3, 0.4) is 0 Å². The minimum absolute atomic E-state index is 0.0260. The van der Waals surface area contributed by atoms with E-state index in [1.54, 1.807) is 43.5 Å². The van der Waals surface area contributed by atoms with Crippen molar-refractivity contribution >= 4 is 40.6 Å². The van der Waals surface area contributed by atoms with Crippen molar-refractivity contribution in [3.63, 3.8) is 0 Å². The highest BCUT2D eigenvalue weighted by Gasteiger charge is 2.41. The summed E-state index contributed by atoms with van der Waals surface area (Å²) in [6.45, 7) is 6.19. The highest BCUT2D eigenvalue weighted by Crippen LogP contribution is 2.42. The summed E-state index contributed by atoms with van der Waals surface area (Å²) in [6, 6.07) is 15.3. The molecule has 5 rings (SSSR count). The Hall–Kier alpha value is -4.18. The number of anilines is 5. The number of hydrogen-bond acceptors (Lipinski definition) is 8. The predicted octanol–water partition coefficient (Wildman–Crippen LogP) is 3.80. The average molecular weight is 530 g/mol. The van der Waals surface area contributed by atoms with Crippen LogP contribution in [0, 0.1) is 5.41 Å². The number of methoxy groups -OCH3 is 1. The number of hydrogen-bond donors (Lipinski definition) is 2. The van der Waals surface area contributed by atoms with Crippen molar-refractivity contribution in [1.29, 1.82) is 0 Å². The number of carbonyl (C=O) groups is 2. The Kier molecular flexibility index (Phi) is 7.14. The number of fused-ring (bicyclic) bond motifs is 1. The van der Waals surface area contributed by atoms with Gasteiger partial charge in [-0.2, -0.15) is 4.98 Å². The molecule has 10 heteroatoms. The molecule has 39 heavy (non-hydrogen) atoms. The molecule has 1 unspecified atom stereocenters. The lowest BCUT2D eigenvalue weighted by molar-refractivity contribution is -0.126. The maximum atomic E-state index is 13.5. The van der Waals surface area contributed by atoms with Crippen molar-refractivity contribution in [2.75, 3.05) is 56.0 Å². The molecule has 0 radical (unpaired) electrons. The van der Waals surface area contributed by atoms with Gasteiger partial charge in [0.1, 0.15) is 11.4 Å². The fourth-order valence-corrected chi connectivity index (χ4v) is 5.07. The van der Waals surface area contributed by atoms with E-state index in [-0.39, 0.29) is 17.9 Å². The van der Waals surface area contributed by atoms with E-state index in [2.05, 4.69) is 25.4 Å². The average Bonchev–Trinajstić information content (AvgIpc) is 3.02. The maximum Gasteiger partial charge on any atom is 0.251 e. The fraction of sp³-hybridized carbons (Fsp3) is 0.379. The topological polar surface area (TPSA) is 103 Å². The zero-order valence-corrected chi connectivity index (χ0v) is 23.1.